The Labute approximate surface area is 95.7 Å². The largest absolute Gasteiger partial charge is 0.438 e. The van der Waals surface area contributed by atoms with E-state index in [1.807, 2.05) is 0 Å². The molecule has 0 saturated carbocycles. The molecule has 0 aromatic carbocycles. The second kappa shape index (κ2) is 3.12. The maximum atomic E-state index is 11.3. The van der Waals surface area contributed by atoms with Gasteiger partial charge in [-0.15, -0.1) is 0 Å². The highest BCUT2D eigenvalue weighted by atomic mass is 35.6. The first-order valence-electron chi connectivity index (χ1n) is 4.12. The zero-order valence-corrected chi connectivity index (χ0v) is 9.31. The molecule has 2 aliphatic rings. The average Bonchev–Trinajstić information content (AvgIpc) is 2.49. The van der Waals surface area contributed by atoms with Crippen LogP contribution in [0.25, 0.3) is 0 Å². The SMILES string of the molecule is O=C1OC(C(Cl)(Cl)Cl)N2CCCC12O. The molecular formula is C7H8Cl3NO3. The first kappa shape index (κ1) is 10.8. The van der Waals surface area contributed by atoms with Crippen molar-refractivity contribution in [3.05, 3.63) is 0 Å². The van der Waals surface area contributed by atoms with E-state index in [2.05, 4.69) is 0 Å². The van der Waals surface area contributed by atoms with Crippen LogP contribution in [0, 0.1) is 0 Å². The summed E-state index contributed by atoms with van der Waals surface area (Å²) in [4.78, 5) is 12.7. The molecule has 0 amide bonds. The Morgan fingerprint density at radius 1 is 1.57 bits per heavy atom. The van der Waals surface area contributed by atoms with Gasteiger partial charge in [-0.1, -0.05) is 34.8 Å². The van der Waals surface area contributed by atoms with Crippen LogP contribution < -0.4 is 0 Å². The number of rotatable bonds is 0. The van der Waals surface area contributed by atoms with Gasteiger partial charge in [-0.3, -0.25) is 0 Å². The van der Waals surface area contributed by atoms with Crippen LogP contribution in [0.5, 0.6) is 0 Å². The van der Waals surface area contributed by atoms with Crippen LogP contribution >= 0.6 is 34.8 Å². The number of hydrogen-bond donors (Lipinski definition) is 1. The highest BCUT2D eigenvalue weighted by molar-refractivity contribution is 6.68. The van der Waals surface area contributed by atoms with Gasteiger partial charge in [0.2, 0.25) is 15.7 Å². The highest BCUT2D eigenvalue weighted by Crippen LogP contribution is 2.45. The van der Waals surface area contributed by atoms with Crippen molar-refractivity contribution in [2.45, 2.75) is 28.6 Å². The average molecular weight is 261 g/mol. The molecule has 0 radical (unpaired) electrons. The summed E-state index contributed by atoms with van der Waals surface area (Å²) in [7, 11) is 0. The number of hydrogen-bond acceptors (Lipinski definition) is 4. The van der Waals surface area contributed by atoms with Crippen molar-refractivity contribution in [2.24, 2.45) is 0 Å². The lowest BCUT2D eigenvalue weighted by Gasteiger charge is -2.28. The molecule has 2 unspecified atom stereocenters. The van der Waals surface area contributed by atoms with E-state index in [1.165, 1.54) is 4.90 Å². The Kier molecular flexibility index (Phi) is 2.40. The maximum absolute atomic E-state index is 11.3. The molecule has 4 nitrogen and oxygen atoms in total. The second-order valence-electron chi connectivity index (χ2n) is 3.41. The molecule has 0 aromatic rings. The van der Waals surface area contributed by atoms with Gasteiger partial charge in [-0.05, 0) is 6.42 Å². The van der Waals surface area contributed by atoms with Crippen LogP contribution in [0.4, 0.5) is 0 Å². The van der Waals surface area contributed by atoms with E-state index in [-0.39, 0.29) is 0 Å². The minimum Gasteiger partial charge on any atom is -0.438 e. The highest BCUT2D eigenvalue weighted by Gasteiger charge is 2.61. The van der Waals surface area contributed by atoms with Crippen LogP contribution in [-0.4, -0.2) is 38.3 Å². The number of halogens is 3. The van der Waals surface area contributed by atoms with Crippen LogP contribution in [0.15, 0.2) is 0 Å². The lowest BCUT2D eigenvalue weighted by Crippen LogP contribution is -2.48. The smallest absolute Gasteiger partial charge is 0.355 e. The van der Waals surface area contributed by atoms with Crippen molar-refractivity contribution in [3.8, 4) is 0 Å². The van der Waals surface area contributed by atoms with Gasteiger partial charge in [-0.2, -0.15) is 0 Å². The fourth-order valence-electron chi connectivity index (χ4n) is 1.86. The predicted octanol–water partition coefficient (Wildman–Crippen LogP) is 1.02. The summed E-state index contributed by atoms with van der Waals surface area (Å²) in [5, 5.41) is 9.91. The summed E-state index contributed by atoms with van der Waals surface area (Å²) in [6.07, 6.45) is 0.0128. The third-order valence-electron chi connectivity index (χ3n) is 2.51. The number of fused-ring (bicyclic) bond motifs is 1. The van der Waals surface area contributed by atoms with Crippen molar-refractivity contribution < 1.29 is 14.6 Å². The van der Waals surface area contributed by atoms with E-state index in [4.69, 9.17) is 39.5 Å². The van der Waals surface area contributed by atoms with Crippen molar-refractivity contribution in [1.82, 2.24) is 4.90 Å². The Hall–Kier alpha value is 0.260. The van der Waals surface area contributed by atoms with Crippen molar-refractivity contribution in [1.29, 1.82) is 0 Å². The molecule has 0 aromatic heterocycles. The van der Waals surface area contributed by atoms with E-state index in [0.717, 1.165) is 0 Å². The van der Waals surface area contributed by atoms with Gasteiger partial charge in [0.05, 0.1) is 0 Å². The van der Waals surface area contributed by atoms with Gasteiger partial charge in [0, 0.05) is 13.0 Å². The molecule has 2 saturated heterocycles. The molecule has 2 fully saturated rings. The number of esters is 1. The summed E-state index contributed by atoms with van der Waals surface area (Å²) >= 11 is 16.9. The van der Waals surface area contributed by atoms with Crippen molar-refractivity contribution >= 4 is 40.8 Å². The molecular weight excluding hydrogens is 252 g/mol. The Morgan fingerprint density at radius 3 is 2.79 bits per heavy atom. The Morgan fingerprint density at radius 2 is 2.21 bits per heavy atom. The van der Waals surface area contributed by atoms with E-state index >= 15 is 0 Å². The Balaban J connectivity index is 2.30. The molecule has 2 rings (SSSR count). The molecule has 2 aliphatic heterocycles. The van der Waals surface area contributed by atoms with Gasteiger partial charge in [0.15, 0.2) is 0 Å². The van der Waals surface area contributed by atoms with Crippen molar-refractivity contribution in [2.75, 3.05) is 6.54 Å². The van der Waals surface area contributed by atoms with E-state index in [0.29, 0.717) is 19.4 Å². The number of carbonyl (C=O) groups excluding carboxylic acids is 1. The maximum Gasteiger partial charge on any atom is 0.355 e. The van der Waals surface area contributed by atoms with E-state index in [1.54, 1.807) is 0 Å². The standard InChI is InChI=1S/C7H8Cl3NO3/c8-7(9,10)4-11-3-1-2-6(11,13)5(12)14-4/h4,13H,1-3H2. The monoisotopic (exact) mass is 259 g/mol. The lowest BCUT2D eigenvalue weighted by molar-refractivity contribution is -0.157. The number of nitrogens with zero attached hydrogens (tertiary/aromatic N) is 1. The molecule has 0 bridgehead atoms. The summed E-state index contributed by atoms with van der Waals surface area (Å²) in [5.74, 6) is -0.730. The first-order valence-corrected chi connectivity index (χ1v) is 5.26. The zero-order valence-electron chi connectivity index (χ0n) is 7.04. The van der Waals surface area contributed by atoms with E-state index < -0.39 is 21.7 Å². The normalized spacial score (nSPS) is 38.6. The number of cyclic esters (lactones) is 1. The minimum atomic E-state index is -1.73. The van der Waals surface area contributed by atoms with Gasteiger partial charge < -0.3 is 9.84 Å². The molecule has 2 heterocycles. The van der Waals surface area contributed by atoms with Gasteiger partial charge in [0.1, 0.15) is 0 Å². The molecule has 80 valence electrons. The summed E-state index contributed by atoms with van der Waals surface area (Å²) in [5.41, 5.74) is -1.59. The molecule has 0 aliphatic carbocycles. The van der Waals surface area contributed by atoms with Crippen LogP contribution in [0.1, 0.15) is 12.8 Å². The van der Waals surface area contributed by atoms with Gasteiger partial charge in [0.25, 0.3) is 0 Å². The third-order valence-corrected chi connectivity index (χ3v) is 3.07. The van der Waals surface area contributed by atoms with Crippen LogP contribution in [0.3, 0.4) is 0 Å². The molecule has 14 heavy (non-hydrogen) atoms. The number of alkyl halides is 3. The quantitative estimate of drug-likeness (QED) is 0.522. The van der Waals surface area contributed by atoms with Gasteiger partial charge >= 0.3 is 5.97 Å². The topological polar surface area (TPSA) is 49.8 Å². The Bertz CT molecular complexity index is 280. The van der Waals surface area contributed by atoms with E-state index in [9.17, 15) is 9.90 Å². The summed E-state index contributed by atoms with van der Waals surface area (Å²) < 4.78 is 3.11. The van der Waals surface area contributed by atoms with Crippen LogP contribution in [-0.2, 0) is 9.53 Å². The minimum absolute atomic E-state index is 0.322. The van der Waals surface area contributed by atoms with Crippen molar-refractivity contribution in [3.63, 3.8) is 0 Å². The number of carbonyl (C=O) groups is 1. The fraction of sp³-hybridized carbons (Fsp3) is 0.857. The molecule has 2 atom stereocenters. The molecule has 1 N–H and O–H groups in total. The first-order chi connectivity index (χ1) is 6.36. The third kappa shape index (κ3) is 1.41. The number of ether oxygens (including phenoxy) is 1. The summed E-state index contributed by atoms with van der Waals surface area (Å²) in [6, 6.07) is 0. The molecule has 7 heteroatoms. The lowest BCUT2D eigenvalue weighted by atomic mass is 10.2. The predicted molar refractivity (Wildman–Crippen MR) is 51.1 cm³/mol. The number of aliphatic hydroxyl groups is 1. The zero-order chi connectivity index (χ0) is 10.6. The van der Waals surface area contributed by atoms with Gasteiger partial charge in [-0.25, -0.2) is 9.69 Å². The van der Waals surface area contributed by atoms with Crippen LogP contribution in [0.2, 0.25) is 0 Å². The second-order valence-corrected chi connectivity index (χ2v) is 5.78. The molecule has 0 spiro atoms. The summed E-state index contributed by atoms with van der Waals surface area (Å²) in [6.45, 7) is 0.487. The fourth-order valence-corrected chi connectivity index (χ4v) is 2.34.